The van der Waals surface area contributed by atoms with Crippen LogP contribution in [0, 0.1) is 0 Å². The molecule has 0 atom stereocenters. The summed E-state index contributed by atoms with van der Waals surface area (Å²) in [4.78, 5) is 6.15. The molecule has 0 aliphatic carbocycles. The number of aromatic nitrogens is 1. The van der Waals surface area contributed by atoms with Gasteiger partial charge in [-0.2, -0.15) is 0 Å². The summed E-state index contributed by atoms with van der Waals surface area (Å²) in [7, 11) is 4.07. The number of nitrogens with zero attached hydrogens (tertiary/aromatic N) is 2. The van der Waals surface area contributed by atoms with Gasteiger partial charge in [0.15, 0.2) is 0 Å². The van der Waals surface area contributed by atoms with Gasteiger partial charge in [-0.05, 0) is 32.6 Å². The highest BCUT2D eigenvalue weighted by Gasteiger charge is 1.99. The molecule has 1 rings (SSSR count). The molecule has 4 nitrogen and oxygen atoms in total. The second-order valence-electron chi connectivity index (χ2n) is 3.40. The van der Waals surface area contributed by atoms with E-state index < -0.39 is 0 Å². The van der Waals surface area contributed by atoms with Crippen LogP contribution in [0.4, 0.5) is 5.69 Å². The average Bonchev–Trinajstić information content (AvgIpc) is 2.15. The number of anilines is 1. The van der Waals surface area contributed by atoms with Crippen LogP contribution in [0.2, 0.25) is 0 Å². The number of ether oxygens (including phenoxy) is 1. The van der Waals surface area contributed by atoms with Gasteiger partial charge in [0.05, 0.1) is 12.3 Å². The normalized spacial score (nSPS) is 10.5. The van der Waals surface area contributed by atoms with E-state index in [2.05, 4.69) is 9.88 Å². The molecule has 4 heteroatoms. The highest BCUT2D eigenvalue weighted by atomic mass is 16.5. The van der Waals surface area contributed by atoms with Gasteiger partial charge in [0.25, 0.3) is 0 Å². The van der Waals surface area contributed by atoms with E-state index in [9.17, 15) is 0 Å². The number of hydrogen-bond acceptors (Lipinski definition) is 4. The summed E-state index contributed by atoms with van der Waals surface area (Å²) >= 11 is 0. The fourth-order valence-corrected chi connectivity index (χ4v) is 1.07. The van der Waals surface area contributed by atoms with Crippen LogP contribution in [-0.2, 0) is 0 Å². The van der Waals surface area contributed by atoms with Gasteiger partial charge in [0, 0.05) is 12.7 Å². The minimum atomic E-state index is 0.534. The summed E-state index contributed by atoms with van der Waals surface area (Å²) in [5.41, 5.74) is 6.26. The van der Waals surface area contributed by atoms with Crippen molar-refractivity contribution >= 4 is 5.69 Å². The smallest absolute Gasteiger partial charge is 0.237 e. The lowest BCUT2D eigenvalue weighted by Gasteiger charge is -2.10. The van der Waals surface area contributed by atoms with Crippen molar-refractivity contribution in [2.24, 2.45) is 0 Å². The second kappa shape index (κ2) is 5.44. The average molecular weight is 195 g/mol. The minimum Gasteiger partial charge on any atom is -0.476 e. The third-order valence-electron chi connectivity index (χ3n) is 1.79. The Labute approximate surface area is 84.7 Å². The molecule has 1 heterocycles. The third-order valence-corrected chi connectivity index (χ3v) is 1.79. The van der Waals surface area contributed by atoms with Crippen molar-refractivity contribution in [3.8, 4) is 5.88 Å². The molecule has 0 unspecified atom stereocenters. The van der Waals surface area contributed by atoms with Gasteiger partial charge in [-0.3, -0.25) is 0 Å². The lowest BCUT2D eigenvalue weighted by atomic mass is 10.4. The first-order valence-corrected chi connectivity index (χ1v) is 4.68. The molecule has 1 aromatic heterocycles. The Hall–Kier alpha value is -1.29. The van der Waals surface area contributed by atoms with E-state index in [1.54, 1.807) is 18.3 Å². The van der Waals surface area contributed by atoms with Crippen LogP contribution in [0.25, 0.3) is 0 Å². The summed E-state index contributed by atoms with van der Waals surface area (Å²) in [6.45, 7) is 1.66. The first-order valence-electron chi connectivity index (χ1n) is 4.68. The molecule has 2 N–H and O–H groups in total. The third kappa shape index (κ3) is 3.62. The maximum absolute atomic E-state index is 5.66. The Kier molecular flexibility index (Phi) is 4.19. The predicted octanol–water partition coefficient (Wildman–Crippen LogP) is 0.994. The zero-order valence-corrected chi connectivity index (χ0v) is 8.73. The first kappa shape index (κ1) is 10.8. The first-order chi connectivity index (χ1) is 6.70. The quantitative estimate of drug-likeness (QED) is 0.712. The van der Waals surface area contributed by atoms with Crippen molar-refractivity contribution in [3.05, 3.63) is 18.3 Å². The Morgan fingerprint density at radius 3 is 2.93 bits per heavy atom. The van der Waals surface area contributed by atoms with Gasteiger partial charge in [-0.1, -0.05) is 0 Å². The molecule has 0 aromatic carbocycles. The number of nitrogen functional groups attached to an aromatic ring is 1. The SMILES string of the molecule is CN(C)CCCOc1ncccc1N. The Bertz CT molecular complexity index is 276. The molecule has 78 valence electrons. The molecule has 1 aromatic rings. The summed E-state index contributed by atoms with van der Waals surface area (Å²) in [6.07, 6.45) is 2.65. The Morgan fingerprint density at radius 2 is 2.29 bits per heavy atom. The number of nitrogens with two attached hydrogens (primary N) is 1. The van der Waals surface area contributed by atoms with Crippen molar-refractivity contribution in [3.63, 3.8) is 0 Å². The number of rotatable bonds is 5. The molecule has 0 spiro atoms. The van der Waals surface area contributed by atoms with E-state index in [0.29, 0.717) is 18.2 Å². The predicted molar refractivity (Wildman–Crippen MR) is 57.3 cm³/mol. The van der Waals surface area contributed by atoms with Crippen molar-refractivity contribution in [1.82, 2.24) is 9.88 Å². The van der Waals surface area contributed by atoms with E-state index in [-0.39, 0.29) is 0 Å². The fourth-order valence-electron chi connectivity index (χ4n) is 1.07. The zero-order chi connectivity index (χ0) is 10.4. The highest BCUT2D eigenvalue weighted by Crippen LogP contribution is 2.15. The molecule has 14 heavy (non-hydrogen) atoms. The molecule has 0 fully saturated rings. The molecule has 0 saturated heterocycles. The van der Waals surface area contributed by atoms with Gasteiger partial charge in [0.2, 0.25) is 5.88 Å². The number of pyridine rings is 1. The van der Waals surface area contributed by atoms with Crippen LogP contribution in [0.3, 0.4) is 0 Å². The molecule has 0 amide bonds. The standard InChI is InChI=1S/C10H17N3O/c1-13(2)7-4-8-14-10-9(11)5-3-6-12-10/h3,5-6H,4,7-8,11H2,1-2H3. The summed E-state index contributed by atoms with van der Waals surface area (Å²) in [6, 6.07) is 3.58. The summed E-state index contributed by atoms with van der Waals surface area (Å²) < 4.78 is 5.42. The van der Waals surface area contributed by atoms with Gasteiger partial charge in [-0.25, -0.2) is 4.98 Å². The van der Waals surface area contributed by atoms with Gasteiger partial charge in [0.1, 0.15) is 0 Å². The molecular formula is C10H17N3O. The minimum absolute atomic E-state index is 0.534. The topological polar surface area (TPSA) is 51.4 Å². The molecule has 0 aliphatic heterocycles. The van der Waals surface area contributed by atoms with E-state index in [1.807, 2.05) is 14.1 Å². The van der Waals surface area contributed by atoms with Gasteiger partial charge < -0.3 is 15.4 Å². The van der Waals surface area contributed by atoms with Crippen LogP contribution in [0.5, 0.6) is 5.88 Å². The largest absolute Gasteiger partial charge is 0.476 e. The van der Waals surface area contributed by atoms with E-state index in [0.717, 1.165) is 13.0 Å². The molecular weight excluding hydrogens is 178 g/mol. The van der Waals surface area contributed by atoms with E-state index in [4.69, 9.17) is 10.5 Å². The summed E-state index contributed by atoms with van der Waals surface area (Å²) in [5, 5.41) is 0. The van der Waals surface area contributed by atoms with Gasteiger partial charge >= 0.3 is 0 Å². The van der Waals surface area contributed by atoms with Gasteiger partial charge in [-0.15, -0.1) is 0 Å². The zero-order valence-electron chi connectivity index (χ0n) is 8.73. The van der Waals surface area contributed by atoms with Crippen molar-refractivity contribution < 1.29 is 4.74 Å². The van der Waals surface area contributed by atoms with Crippen LogP contribution < -0.4 is 10.5 Å². The van der Waals surface area contributed by atoms with E-state index in [1.165, 1.54) is 0 Å². The second-order valence-corrected chi connectivity index (χ2v) is 3.40. The highest BCUT2D eigenvalue weighted by molar-refractivity contribution is 5.46. The van der Waals surface area contributed by atoms with E-state index >= 15 is 0 Å². The molecule has 0 radical (unpaired) electrons. The molecule has 0 saturated carbocycles. The lowest BCUT2D eigenvalue weighted by molar-refractivity contribution is 0.274. The van der Waals surface area contributed by atoms with Crippen LogP contribution in [-0.4, -0.2) is 37.1 Å². The fraction of sp³-hybridized carbons (Fsp3) is 0.500. The van der Waals surface area contributed by atoms with Crippen molar-refractivity contribution in [2.75, 3.05) is 33.0 Å². The monoisotopic (exact) mass is 195 g/mol. The van der Waals surface area contributed by atoms with Crippen molar-refractivity contribution in [2.45, 2.75) is 6.42 Å². The number of hydrogen-bond donors (Lipinski definition) is 1. The van der Waals surface area contributed by atoms with Crippen LogP contribution in [0.15, 0.2) is 18.3 Å². The maximum atomic E-state index is 5.66. The Morgan fingerprint density at radius 1 is 1.50 bits per heavy atom. The lowest BCUT2D eigenvalue weighted by Crippen LogP contribution is -2.15. The maximum Gasteiger partial charge on any atom is 0.237 e. The Balaban J connectivity index is 2.28. The van der Waals surface area contributed by atoms with Crippen LogP contribution in [0.1, 0.15) is 6.42 Å². The molecule has 0 aliphatic rings. The summed E-state index contributed by atoms with van der Waals surface area (Å²) in [5.74, 6) is 0.534. The van der Waals surface area contributed by atoms with Crippen molar-refractivity contribution in [1.29, 1.82) is 0 Å². The molecule has 0 bridgehead atoms. The van der Waals surface area contributed by atoms with Crippen LogP contribution >= 0.6 is 0 Å².